The molecule has 1 saturated carbocycles. The maximum atomic E-state index is 5.65. The highest BCUT2D eigenvalue weighted by Gasteiger charge is 2.15. The molecular weight excluding hydrogens is 222 g/mol. The van der Waals surface area contributed by atoms with E-state index >= 15 is 0 Å². The lowest BCUT2D eigenvalue weighted by molar-refractivity contribution is -0.0244. The van der Waals surface area contributed by atoms with Crippen LogP contribution in [0, 0.1) is 0 Å². The van der Waals surface area contributed by atoms with Crippen molar-refractivity contribution in [1.82, 2.24) is 5.48 Å². The van der Waals surface area contributed by atoms with E-state index in [4.69, 9.17) is 4.84 Å². The number of benzene rings is 1. The van der Waals surface area contributed by atoms with Crippen molar-refractivity contribution >= 4 is 0 Å². The van der Waals surface area contributed by atoms with E-state index in [1.165, 1.54) is 36.8 Å². The van der Waals surface area contributed by atoms with Crippen LogP contribution in [-0.2, 0) is 16.8 Å². The van der Waals surface area contributed by atoms with Gasteiger partial charge in [-0.3, -0.25) is 4.84 Å². The van der Waals surface area contributed by atoms with Gasteiger partial charge < -0.3 is 0 Å². The van der Waals surface area contributed by atoms with Gasteiger partial charge in [0.1, 0.15) is 0 Å². The smallest absolute Gasteiger partial charge is 0.0790 e. The first-order valence-corrected chi connectivity index (χ1v) is 7.03. The zero-order valence-electron chi connectivity index (χ0n) is 11.8. The highest BCUT2D eigenvalue weighted by molar-refractivity contribution is 5.27. The number of hydrogen-bond donors (Lipinski definition) is 1. The molecule has 1 aliphatic carbocycles. The third kappa shape index (κ3) is 3.82. The number of rotatable bonds is 4. The molecule has 2 rings (SSSR count). The lowest BCUT2D eigenvalue weighted by Gasteiger charge is -2.19. The molecule has 0 aromatic heterocycles. The SMILES string of the molecule is CC(C)(C)c1ccc(CNOC2CCCC2)cc1. The van der Waals surface area contributed by atoms with Crippen molar-refractivity contribution < 1.29 is 4.84 Å². The molecule has 2 nitrogen and oxygen atoms in total. The zero-order valence-corrected chi connectivity index (χ0v) is 11.8. The van der Waals surface area contributed by atoms with Gasteiger partial charge in [-0.2, -0.15) is 5.48 Å². The molecule has 1 aromatic carbocycles. The molecule has 0 heterocycles. The van der Waals surface area contributed by atoms with Crippen molar-refractivity contribution in [3.05, 3.63) is 35.4 Å². The van der Waals surface area contributed by atoms with E-state index in [2.05, 4.69) is 50.5 Å². The highest BCUT2D eigenvalue weighted by Crippen LogP contribution is 2.22. The summed E-state index contributed by atoms with van der Waals surface area (Å²) in [6, 6.07) is 8.80. The van der Waals surface area contributed by atoms with Gasteiger partial charge >= 0.3 is 0 Å². The molecule has 0 amide bonds. The van der Waals surface area contributed by atoms with Crippen LogP contribution in [0.1, 0.15) is 57.6 Å². The van der Waals surface area contributed by atoms with E-state index in [1.807, 2.05) is 0 Å². The van der Waals surface area contributed by atoms with Gasteiger partial charge in [0.05, 0.1) is 6.10 Å². The summed E-state index contributed by atoms with van der Waals surface area (Å²) in [4.78, 5) is 5.65. The molecule has 2 heteroatoms. The van der Waals surface area contributed by atoms with E-state index in [-0.39, 0.29) is 5.41 Å². The standard InChI is InChI=1S/C16H25NO/c1-16(2,3)14-10-8-13(9-11-14)12-17-18-15-6-4-5-7-15/h8-11,15,17H,4-7,12H2,1-3H3. The van der Waals surface area contributed by atoms with Gasteiger partial charge in [0, 0.05) is 6.54 Å². The molecule has 1 aromatic rings. The van der Waals surface area contributed by atoms with E-state index < -0.39 is 0 Å². The van der Waals surface area contributed by atoms with E-state index in [0.717, 1.165) is 6.54 Å². The normalized spacial score (nSPS) is 17.3. The Morgan fingerprint density at radius 3 is 2.28 bits per heavy atom. The molecule has 0 unspecified atom stereocenters. The second kappa shape index (κ2) is 5.85. The van der Waals surface area contributed by atoms with Crippen molar-refractivity contribution in [2.24, 2.45) is 0 Å². The lowest BCUT2D eigenvalue weighted by Crippen LogP contribution is -2.21. The predicted octanol–water partition coefficient (Wildman–Crippen LogP) is 3.95. The number of nitrogens with one attached hydrogen (secondary N) is 1. The van der Waals surface area contributed by atoms with Crippen LogP contribution < -0.4 is 5.48 Å². The monoisotopic (exact) mass is 247 g/mol. The minimum absolute atomic E-state index is 0.228. The Kier molecular flexibility index (Phi) is 4.41. The lowest BCUT2D eigenvalue weighted by atomic mass is 9.87. The highest BCUT2D eigenvalue weighted by atomic mass is 16.7. The Bertz CT molecular complexity index is 358. The predicted molar refractivity (Wildman–Crippen MR) is 75.3 cm³/mol. The summed E-state index contributed by atoms with van der Waals surface area (Å²) < 4.78 is 0. The van der Waals surface area contributed by atoms with Crippen molar-refractivity contribution in [1.29, 1.82) is 0 Å². The third-order valence-corrected chi connectivity index (χ3v) is 3.65. The van der Waals surface area contributed by atoms with Gasteiger partial charge in [-0.05, 0) is 29.4 Å². The Balaban J connectivity index is 1.79. The van der Waals surface area contributed by atoms with Gasteiger partial charge in [-0.25, -0.2) is 0 Å². The molecule has 0 saturated heterocycles. The summed E-state index contributed by atoms with van der Waals surface area (Å²) in [5.41, 5.74) is 5.99. The van der Waals surface area contributed by atoms with Crippen LogP contribution in [0.15, 0.2) is 24.3 Å². The Morgan fingerprint density at radius 1 is 1.11 bits per heavy atom. The minimum atomic E-state index is 0.228. The first-order valence-electron chi connectivity index (χ1n) is 7.03. The van der Waals surface area contributed by atoms with Crippen molar-refractivity contribution in [2.45, 2.75) is 64.5 Å². The molecule has 1 aliphatic rings. The zero-order chi connectivity index (χ0) is 13.0. The summed E-state index contributed by atoms with van der Waals surface area (Å²) in [7, 11) is 0. The second-order valence-corrected chi connectivity index (χ2v) is 6.29. The van der Waals surface area contributed by atoms with Crippen LogP contribution in [0.5, 0.6) is 0 Å². The average Bonchev–Trinajstić information content (AvgIpc) is 2.82. The van der Waals surface area contributed by atoms with E-state index in [0.29, 0.717) is 6.10 Å². The summed E-state index contributed by atoms with van der Waals surface area (Å²) in [6.45, 7) is 7.51. The summed E-state index contributed by atoms with van der Waals surface area (Å²) >= 11 is 0. The molecule has 1 N–H and O–H groups in total. The van der Waals surface area contributed by atoms with Crippen LogP contribution >= 0.6 is 0 Å². The number of hydroxylamine groups is 1. The van der Waals surface area contributed by atoms with Crippen LogP contribution in [0.25, 0.3) is 0 Å². The molecule has 0 radical (unpaired) electrons. The Labute approximate surface area is 111 Å². The molecule has 0 aliphatic heterocycles. The molecular formula is C16H25NO. The van der Waals surface area contributed by atoms with Crippen LogP contribution in [0.4, 0.5) is 0 Å². The van der Waals surface area contributed by atoms with E-state index in [1.54, 1.807) is 0 Å². The maximum absolute atomic E-state index is 5.65. The third-order valence-electron chi connectivity index (χ3n) is 3.65. The fourth-order valence-corrected chi connectivity index (χ4v) is 2.37. The maximum Gasteiger partial charge on any atom is 0.0790 e. The molecule has 0 atom stereocenters. The summed E-state index contributed by atoms with van der Waals surface area (Å²) in [5, 5.41) is 0. The van der Waals surface area contributed by atoms with Crippen LogP contribution in [-0.4, -0.2) is 6.10 Å². The Hall–Kier alpha value is -0.860. The largest absolute Gasteiger partial charge is 0.298 e. The Morgan fingerprint density at radius 2 is 1.72 bits per heavy atom. The quantitative estimate of drug-likeness (QED) is 0.813. The fraction of sp³-hybridized carbons (Fsp3) is 0.625. The van der Waals surface area contributed by atoms with Crippen molar-refractivity contribution in [2.75, 3.05) is 0 Å². The first-order chi connectivity index (χ1) is 8.55. The van der Waals surface area contributed by atoms with Crippen LogP contribution in [0.3, 0.4) is 0 Å². The molecule has 100 valence electrons. The second-order valence-electron chi connectivity index (χ2n) is 6.29. The van der Waals surface area contributed by atoms with Gasteiger partial charge in [0.15, 0.2) is 0 Å². The summed E-state index contributed by atoms with van der Waals surface area (Å²) in [5.74, 6) is 0. The molecule has 0 bridgehead atoms. The fourth-order valence-electron chi connectivity index (χ4n) is 2.37. The van der Waals surface area contributed by atoms with Gasteiger partial charge in [0.2, 0.25) is 0 Å². The molecule has 1 fully saturated rings. The van der Waals surface area contributed by atoms with Gasteiger partial charge in [-0.1, -0.05) is 57.9 Å². The number of hydrogen-bond acceptors (Lipinski definition) is 2. The topological polar surface area (TPSA) is 21.3 Å². The molecule has 18 heavy (non-hydrogen) atoms. The van der Waals surface area contributed by atoms with Crippen molar-refractivity contribution in [3.63, 3.8) is 0 Å². The molecule has 0 spiro atoms. The van der Waals surface area contributed by atoms with E-state index in [9.17, 15) is 0 Å². The van der Waals surface area contributed by atoms with Gasteiger partial charge in [0.25, 0.3) is 0 Å². The first kappa shape index (κ1) is 13.6. The summed E-state index contributed by atoms with van der Waals surface area (Å²) in [6.07, 6.45) is 5.46. The van der Waals surface area contributed by atoms with Gasteiger partial charge in [-0.15, -0.1) is 0 Å². The average molecular weight is 247 g/mol. The van der Waals surface area contributed by atoms with Crippen LogP contribution in [0.2, 0.25) is 0 Å². The minimum Gasteiger partial charge on any atom is -0.298 e. The van der Waals surface area contributed by atoms with Crippen molar-refractivity contribution in [3.8, 4) is 0 Å².